The third-order valence-electron chi connectivity index (χ3n) is 4.72. The lowest BCUT2D eigenvalue weighted by Crippen LogP contribution is -2.41. The molecule has 0 aliphatic carbocycles. The number of hydrogen-bond donors (Lipinski definition) is 5. The highest BCUT2D eigenvalue weighted by Crippen LogP contribution is 2.83. The van der Waals surface area contributed by atoms with Gasteiger partial charge in [-0.2, -0.15) is 9.79 Å². The molecule has 12 heteroatoms. The molecule has 1 aromatic carbocycles. The van der Waals surface area contributed by atoms with Crippen molar-refractivity contribution in [2.24, 2.45) is 5.41 Å². The fraction of sp³-hybridized carbons (Fsp3) is 0.421. The van der Waals surface area contributed by atoms with Crippen LogP contribution in [0, 0.1) is 5.41 Å². The Hall–Kier alpha value is -1.45. The Morgan fingerprint density at radius 2 is 1.94 bits per heavy atom. The van der Waals surface area contributed by atoms with Gasteiger partial charge in [-0.1, -0.05) is 45.0 Å². The summed E-state index contributed by atoms with van der Waals surface area (Å²) in [6, 6.07) is 9.04. The number of nitrogens with zero attached hydrogens (tertiary/aromatic N) is 1. The Balaban J connectivity index is 1.94. The molecule has 1 saturated heterocycles. The van der Waals surface area contributed by atoms with Gasteiger partial charge in [-0.05, 0) is 17.7 Å². The lowest BCUT2D eigenvalue weighted by atomic mass is 9.96. The molecular weight excluding hydrogens is 448 g/mol. The predicted octanol–water partition coefficient (Wildman–Crippen LogP) is 2.69. The number of aliphatic hydroxyl groups is 2. The quantitative estimate of drug-likeness (QED) is 0.322. The minimum absolute atomic E-state index is 0.0379. The van der Waals surface area contributed by atoms with E-state index in [-0.39, 0.29) is 16.9 Å². The fourth-order valence-electron chi connectivity index (χ4n) is 2.79. The summed E-state index contributed by atoms with van der Waals surface area (Å²) in [6.07, 6.45) is -0.858. The first-order valence-electron chi connectivity index (χ1n) is 9.36. The van der Waals surface area contributed by atoms with Crippen LogP contribution in [-0.4, -0.2) is 41.3 Å². The normalized spacial score (nSPS) is 29.4. The Labute approximate surface area is 180 Å². The van der Waals surface area contributed by atoms with Gasteiger partial charge >= 0.3 is 20.6 Å². The smallest absolute Gasteiger partial charge is 0.457 e. The van der Waals surface area contributed by atoms with E-state index in [0.717, 1.165) is 0 Å². The van der Waals surface area contributed by atoms with Crippen molar-refractivity contribution >= 4 is 15.5 Å². The number of pyridine rings is 1. The highest BCUT2D eigenvalue weighted by atomic mass is 31.3. The second-order valence-corrected chi connectivity index (χ2v) is 12.7. The maximum atomic E-state index is 13.0. The zero-order chi connectivity index (χ0) is 23.1. The largest absolute Gasteiger partial charge is 0.464 e. The van der Waals surface area contributed by atoms with Crippen LogP contribution in [0.25, 0.3) is 0 Å². The first-order chi connectivity index (χ1) is 14.3. The molecule has 0 radical (unpaired) electrons. The second-order valence-electron chi connectivity index (χ2n) is 8.29. The standard InChI is InChI=1S/C19H25NO9P2/c1-18(2,3)17(21)27-15-9-5-4-8-14(15)16-28-30(23,24)19(22,31(25,26)29-16)11-13-7-6-10-20-12-13/h4-10,12,16-17,21-24H,11H2,1-3H3/p+1. The molecule has 0 amide bonds. The molecule has 3 rings (SSSR count). The Morgan fingerprint density at radius 3 is 2.52 bits per heavy atom. The van der Waals surface area contributed by atoms with Gasteiger partial charge in [0, 0.05) is 17.8 Å². The summed E-state index contributed by atoms with van der Waals surface area (Å²) >= 11 is 0. The molecular formula is C19H26NO9P2+. The first kappa shape index (κ1) is 24.2. The summed E-state index contributed by atoms with van der Waals surface area (Å²) in [5, 5.41) is 18.1. The van der Waals surface area contributed by atoms with E-state index in [0.29, 0.717) is 0 Å². The first-order valence-corrected chi connectivity index (χ1v) is 12.6. The van der Waals surface area contributed by atoms with Gasteiger partial charge in [0.1, 0.15) is 5.75 Å². The Bertz CT molecular complexity index is 966. The third-order valence-corrected chi connectivity index (χ3v) is 9.37. The number of hydrogen-bond acceptors (Lipinski definition) is 9. The van der Waals surface area contributed by atoms with Gasteiger partial charge in [0.15, 0.2) is 0 Å². The molecule has 0 saturated carbocycles. The van der Waals surface area contributed by atoms with Gasteiger partial charge in [-0.25, -0.2) is 0 Å². The number of aromatic nitrogens is 1. The molecule has 2 aromatic rings. The van der Waals surface area contributed by atoms with E-state index in [1.165, 1.54) is 36.7 Å². The van der Waals surface area contributed by atoms with E-state index in [1.807, 2.05) is 0 Å². The highest BCUT2D eigenvalue weighted by molar-refractivity contribution is 7.76. The Morgan fingerprint density at radius 1 is 1.26 bits per heavy atom. The summed E-state index contributed by atoms with van der Waals surface area (Å²) in [5.41, 5.74) is -0.340. The van der Waals surface area contributed by atoms with E-state index in [4.69, 9.17) is 13.8 Å². The van der Waals surface area contributed by atoms with Gasteiger partial charge in [0.05, 0.1) is 12.0 Å². The van der Waals surface area contributed by atoms with Crippen molar-refractivity contribution in [2.75, 3.05) is 0 Å². The molecule has 170 valence electrons. The number of benzene rings is 1. The highest BCUT2D eigenvalue weighted by Gasteiger charge is 2.77. The lowest BCUT2D eigenvalue weighted by molar-refractivity contribution is -0.0998. The molecule has 0 bridgehead atoms. The molecule has 5 N–H and O–H groups in total. The predicted molar refractivity (Wildman–Crippen MR) is 112 cm³/mol. The van der Waals surface area contributed by atoms with E-state index >= 15 is 0 Å². The monoisotopic (exact) mass is 474 g/mol. The van der Waals surface area contributed by atoms with Gasteiger partial charge in [0.25, 0.3) is 0 Å². The summed E-state index contributed by atoms with van der Waals surface area (Å²) in [4.78, 5) is 35.6. The van der Waals surface area contributed by atoms with Gasteiger partial charge in [-0.15, -0.1) is 4.52 Å². The van der Waals surface area contributed by atoms with Crippen LogP contribution in [0.4, 0.5) is 0 Å². The summed E-state index contributed by atoms with van der Waals surface area (Å²) in [6.45, 7) is 5.23. The molecule has 4 atom stereocenters. The molecule has 1 aliphatic heterocycles. The van der Waals surface area contributed by atoms with Crippen LogP contribution in [0.5, 0.6) is 5.75 Å². The van der Waals surface area contributed by atoms with Crippen LogP contribution in [-0.2, 0) is 20.0 Å². The van der Waals surface area contributed by atoms with E-state index in [1.54, 1.807) is 32.9 Å². The van der Waals surface area contributed by atoms with Crippen LogP contribution < -0.4 is 4.74 Å². The van der Waals surface area contributed by atoms with Crippen molar-refractivity contribution in [2.45, 2.75) is 44.9 Å². The average molecular weight is 474 g/mol. The van der Waals surface area contributed by atoms with Crippen LogP contribution >= 0.6 is 15.5 Å². The molecule has 1 aromatic heterocycles. The van der Waals surface area contributed by atoms with Crippen molar-refractivity contribution in [3.63, 3.8) is 0 Å². The topological polar surface area (TPSA) is 159 Å². The fourth-order valence-corrected chi connectivity index (χ4v) is 6.40. The molecule has 31 heavy (non-hydrogen) atoms. The van der Waals surface area contributed by atoms with Crippen molar-refractivity contribution in [1.82, 2.24) is 4.98 Å². The van der Waals surface area contributed by atoms with Crippen molar-refractivity contribution in [3.05, 3.63) is 59.9 Å². The van der Waals surface area contributed by atoms with Crippen LogP contribution in [0.2, 0.25) is 0 Å². The van der Waals surface area contributed by atoms with E-state index < -0.39 is 45.0 Å². The number of rotatable bonds is 5. The SMILES string of the molecule is CC(C)(C)C(O)Oc1ccccc1C1OP(=O)(O)C(O)(Cc2cccnc2)[P+](O)(O)O1. The third kappa shape index (κ3) is 4.83. The number of aliphatic hydroxyl groups excluding tert-OH is 1. The van der Waals surface area contributed by atoms with Crippen molar-refractivity contribution in [3.8, 4) is 5.75 Å². The summed E-state index contributed by atoms with van der Waals surface area (Å²) < 4.78 is 28.9. The molecule has 4 unspecified atom stereocenters. The average Bonchev–Trinajstić information content (AvgIpc) is 2.66. The van der Waals surface area contributed by atoms with Crippen LogP contribution in [0.1, 0.15) is 38.2 Å². The van der Waals surface area contributed by atoms with Crippen molar-refractivity contribution < 1.29 is 43.2 Å². The van der Waals surface area contributed by atoms with Gasteiger partial charge in [0.2, 0.25) is 12.6 Å². The molecule has 10 nitrogen and oxygen atoms in total. The maximum Gasteiger partial charge on any atom is 0.457 e. The number of para-hydroxylation sites is 1. The maximum absolute atomic E-state index is 13.0. The molecule has 1 aliphatic rings. The molecule has 1 fully saturated rings. The summed E-state index contributed by atoms with van der Waals surface area (Å²) in [5.74, 6) is 0.0487. The molecule has 0 spiro atoms. The zero-order valence-corrected chi connectivity index (χ0v) is 19.0. The second kappa shape index (κ2) is 8.48. The minimum atomic E-state index is -5.07. The van der Waals surface area contributed by atoms with Crippen molar-refractivity contribution in [1.29, 1.82) is 0 Å². The number of ether oxygens (including phenoxy) is 1. The molecule has 2 heterocycles. The van der Waals surface area contributed by atoms with Gasteiger partial charge in [-0.3, -0.25) is 14.1 Å². The Kier molecular flexibility index (Phi) is 6.62. The lowest BCUT2D eigenvalue weighted by Gasteiger charge is -2.39. The van der Waals surface area contributed by atoms with Crippen LogP contribution in [0.15, 0.2) is 48.8 Å². The summed E-state index contributed by atoms with van der Waals surface area (Å²) in [7, 11) is -9.95. The van der Waals surface area contributed by atoms with E-state index in [2.05, 4.69) is 4.98 Å². The minimum Gasteiger partial charge on any atom is -0.464 e. The zero-order valence-electron chi connectivity index (χ0n) is 17.2. The van der Waals surface area contributed by atoms with Crippen LogP contribution in [0.3, 0.4) is 0 Å². The van der Waals surface area contributed by atoms with E-state index in [9.17, 15) is 29.5 Å². The van der Waals surface area contributed by atoms with Gasteiger partial charge < -0.3 is 19.8 Å².